The fourth-order valence-corrected chi connectivity index (χ4v) is 5.07. The van der Waals surface area contributed by atoms with Crippen LogP contribution in [0.15, 0.2) is 12.1 Å². The Kier molecular flexibility index (Phi) is 5.63. The molecule has 2 nitrogen and oxygen atoms in total. The van der Waals surface area contributed by atoms with Crippen LogP contribution in [0.25, 0.3) is 0 Å². The van der Waals surface area contributed by atoms with E-state index in [0.717, 1.165) is 18.4 Å². The van der Waals surface area contributed by atoms with Crippen molar-refractivity contribution >= 4 is 5.78 Å². The zero-order valence-electron chi connectivity index (χ0n) is 17.8. The first-order valence-electron chi connectivity index (χ1n) is 10.6. The van der Waals surface area contributed by atoms with Crippen molar-refractivity contribution in [3.63, 3.8) is 0 Å². The molecule has 1 aromatic carbocycles. The van der Waals surface area contributed by atoms with Gasteiger partial charge in [-0.15, -0.1) is 0 Å². The Bertz CT molecular complexity index is 630. The molecule has 2 aliphatic heterocycles. The van der Waals surface area contributed by atoms with E-state index in [4.69, 9.17) is 0 Å². The van der Waals surface area contributed by atoms with E-state index in [-0.39, 0.29) is 5.92 Å². The highest BCUT2D eigenvalue weighted by molar-refractivity contribution is 6.01. The first kappa shape index (κ1) is 19.6. The minimum absolute atomic E-state index is 0.212. The fourth-order valence-electron chi connectivity index (χ4n) is 5.07. The Morgan fingerprint density at radius 2 is 1.35 bits per heavy atom. The first-order chi connectivity index (χ1) is 12.2. The molecule has 2 saturated heterocycles. The summed E-state index contributed by atoms with van der Waals surface area (Å²) < 4.78 is 0. The molecule has 2 bridgehead atoms. The molecule has 144 valence electrons. The molecule has 1 aromatic rings. The molecule has 2 heteroatoms. The van der Waals surface area contributed by atoms with Gasteiger partial charge in [-0.2, -0.15) is 0 Å². The highest BCUT2D eigenvalue weighted by Crippen LogP contribution is 2.41. The maximum Gasteiger partial charge on any atom is 0.166 e. The summed E-state index contributed by atoms with van der Waals surface area (Å²) in [6.45, 7) is 13.4. The second kappa shape index (κ2) is 7.46. The normalized spacial score (nSPS) is 26.3. The SMILES string of the molecule is CC(C)c1cc(C(C)C)c(C(=O)C2CC3CCC(C2)N3C)c(C(C)C)c1. The van der Waals surface area contributed by atoms with Gasteiger partial charge in [-0.25, -0.2) is 0 Å². The third-order valence-electron chi connectivity index (χ3n) is 6.85. The molecule has 2 fully saturated rings. The molecule has 3 rings (SSSR count). The third kappa shape index (κ3) is 3.50. The lowest BCUT2D eigenvalue weighted by atomic mass is 9.77. The van der Waals surface area contributed by atoms with Crippen LogP contribution in [0.1, 0.15) is 112 Å². The second-order valence-corrected chi connectivity index (χ2v) is 9.62. The third-order valence-corrected chi connectivity index (χ3v) is 6.85. The van der Waals surface area contributed by atoms with Gasteiger partial charge in [-0.3, -0.25) is 4.79 Å². The van der Waals surface area contributed by atoms with Gasteiger partial charge < -0.3 is 4.90 Å². The van der Waals surface area contributed by atoms with Crippen molar-refractivity contribution in [1.29, 1.82) is 0 Å². The smallest absolute Gasteiger partial charge is 0.166 e. The maximum atomic E-state index is 13.7. The van der Waals surface area contributed by atoms with Gasteiger partial charge in [-0.05, 0) is 67.2 Å². The zero-order chi connectivity index (χ0) is 19.2. The lowest BCUT2D eigenvalue weighted by Crippen LogP contribution is -2.42. The summed E-state index contributed by atoms with van der Waals surface area (Å²) in [5, 5.41) is 0. The summed E-state index contributed by atoms with van der Waals surface area (Å²) in [5.41, 5.74) is 4.98. The Morgan fingerprint density at radius 1 is 0.885 bits per heavy atom. The van der Waals surface area contributed by atoms with Crippen molar-refractivity contribution in [3.8, 4) is 0 Å². The zero-order valence-corrected chi connectivity index (χ0v) is 17.8. The Hall–Kier alpha value is -1.15. The van der Waals surface area contributed by atoms with Crippen molar-refractivity contribution in [1.82, 2.24) is 4.90 Å². The van der Waals surface area contributed by atoms with E-state index in [9.17, 15) is 4.79 Å². The van der Waals surface area contributed by atoms with Gasteiger partial charge in [0.2, 0.25) is 0 Å². The highest BCUT2D eigenvalue weighted by Gasteiger charge is 2.41. The van der Waals surface area contributed by atoms with Gasteiger partial charge >= 0.3 is 0 Å². The van der Waals surface area contributed by atoms with Crippen LogP contribution in [0.4, 0.5) is 0 Å². The summed E-state index contributed by atoms with van der Waals surface area (Å²) >= 11 is 0. The van der Waals surface area contributed by atoms with Gasteiger partial charge in [0.15, 0.2) is 5.78 Å². The minimum Gasteiger partial charge on any atom is -0.300 e. The summed E-state index contributed by atoms with van der Waals surface area (Å²) in [6, 6.07) is 5.86. The van der Waals surface area contributed by atoms with Crippen LogP contribution in [0.5, 0.6) is 0 Å². The molecule has 0 radical (unpaired) electrons. The number of piperidine rings is 1. The molecule has 26 heavy (non-hydrogen) atoms. The van der Waals surface area contributed by atoms with Crippen LogP contribution in [0.2, 0.25) is 0 Å². The lowest BCUT2D eigenvalue weighted by molar-refractivity contribution is 0.0764. The number of Topliss-reactive ketones (excluding diaryl/α,β-unsaturated/α-hetero) is 1. The van der Waals surface area contributed by atoms with Crippen molar-refractivity contribution in [2.75, 3.05) is 7.05 Å². The molecule has 0 saturated carbocycles. The molecule has 2 heterocycles. The fraction of sp³-hybridized carbons (Fsp3) is 0.708. The largest absolute Gasteiger partial charge is 0.300 e. The number of nitrogens with zero attached hydrogens (tertiary/aromatic N) is 1. The second-order valence-electron chi connectivity index (χ2n) is 9.62. The van der Waals surface area contributed by atoms with Crippen LogP contribution in [0, 0.1) is 5.92 Å². The van der Waals surface area contributed by atoms with Crippen molar-refractivity contribution in [2.24, 2.45) is 5.92 Å². The minimum atomic E-state index is 0.212. The van der Waals surface area contributed by atoms with Gasteiger partial charge in [-0.1, -0.05) is 53.7 Å². The molecule has 2 unspecified atom stereocenters. The topological polar surface area (TPSA) is 20.3 Å². The van der Waals surface area contributed by atoms with Crippen LogP contribution < -0.4 is 0 Å². The standard InChI is InChI=1S/C24H37NO/c1-14(2)17-12-21(15(3)4)23(22(13-17)16(5)6)24(26)18-10-19-8-9-20(11-18)25(19)7/h12-16,18-20H,8-11H2,1-7H3. The molecular formula is C24H37NO. The first-order valence-corrected chi connectivity index (χ1v) is 10.6. The molecule has 0 amide bonds. The molecule has 0 spiro atoms. The molecule has 0 aliphatic carbocycles. The van der Waals surface area contributed by atoms with E-state index >= 15 is 0 Å². The average molecular weight is 356 g/mol. The highest BCUT2D eigenvalue weighted by atomic mass is 16.1. The van der Waals surface area contributed by atoms with Gasteiger partial charge in [0.1, 0.15) is 0 Å². The summed E-state index contributed by atoms with van der Waals surface area (Å²) in [7, 11) is 2.25. The maximum absolute atomic E-state index is 13.7. The molecule has 2 atom stereocenters. The van der Waals surface area contributed by atoms with E-state index in [2.05, 4.69) is 65.6 Å². The average Bonchev–Trinajstić information content (AvgIpc) is 2.80. The number of rotatable bonds is 5. The van der Waals surface area contributed by atoms with Crippen LogP contribution >= 0.6 is 0 Å². The molecule has 2 aliphatic rings. The van der Waals surface area contributed by atoms with Crippen molar-refractivity contribution < 1.29 is 4.79 Å². The molecule has 0 aromatic heterocycles. The van der Waals surface area contributed by atoms with Crippen LogP contribution in [-0.2, 0) is 0 Å². The van der Waals surface area contributed by atoms with Crippen molar-refractivity contribution in [2.45, 2.75) is 97.1 Å². The van der Waals surface area contributed by atoms with Crippen LogP contribution in [-0.4, -0.2) is 29.8 Å². The number of hydrogen-bond donors (Lipinski definition) is 0. The Morgan fingerprint density at radius 3 is 1.73 bits per heavy atom. The quantitative estimate of drug-likeness (QED) is 0.594. The number of fused-ring (bicyclic) bond motifs is 2. The van der Waals surface area contributed by atoms with E-state index in [1.807, 2.05) is 0 Å². The lowest BCUT2D eigenvalue weighted by Gasteiger charge is -2.36. The monoisotopic (exact) mass is 355 g/mol. The van der Waals surface area contributed by atoms with Gasteiger partial charge in [0.05, 0.1) is 0 Å². The van der Waals surface area contributed by atoms with E-state index < -0.39 is 0 Å². The number of carbonyl (C=O) groups excluding carboxylic acids is 1. The van der Waals surface area contributed by atoms with Gasteiger partial charge in [0, 0.05) is 23.6 Å². The Labute approximate surface area is 160 Å². The number of carbonyl (C=O) groups is 1. The summed E-state index contributed by atoms with van der Waals surface area (Å²) in [6.07, 6.45) is 4.64. The van der Waals surface area contributed by atoms with Crippen LogP contribution in [0.3, 0.4) is 0 Å². The summed E-state index contributed by atoms with van der Waals surface area (Å²) in [4.78, 5) is 16.3. The Balaban J connectivity index is 2.03. The van der Waals surface area contributed by atoms with E-state index in [1.165, 1.54) is 29.5 Å². The predicted octanol–water partition coefficient (Wildman–Crippen LogP) is 6.11. The molecular weight excluding hydrogens is 318 g/mol. The number of benzene rings is 1. The predicted molar refractivity (Wildman–Crippen MR) is 110 cm³/mol. The molecule has 0 N–H and O–H groups in total. The van der Waals surface area contributed by atoms with E-state index in [0.29, 0.717) is 35.6 Å². The number of hydrogen-bond acceptors (Lipinski definition) is 2. The number of ketones is 1. The van der Waals surface area contributed by atoms with E-state index in [1.54, 1.807) is 0 Å². The van der Waals surface area contributed by atoms with Crippen molar-refractivity contribution in [3.05, 3.63) is 34.4 Å². The summed E-state index contributed by atoms with van der Waals surface area (Å²) in [5.74, 6) is 1.90. The van der Waals surface area contributed by atoms with Gasteiger partial charge in [0.25, 0.3) is 0 Å².